The molecule has 0 spiro atoms. The van der Waals surface area contributed by atoms with Crippen LogP contribution in [0.5, 0.6) is 0 Å². The van der Waals surface area contributed by atoms with Gasteiger partial charge in [0.05, 0.1) is 0 Å². The lowest BCUT2D eigenvalue weighted by Gasteiger charge is -2.35. The van der Waals surface area contributed by atoms with Crippen LogP contribution in [-0.4, -0.2) is 39.9 Å². The molecule has 0 bridgehead atoms. The van der Waals surface area contributed by atoms with E-state index in [1.54, 1.807) is 0 Å². The Morgan fingerprint density at radius 3 is 2.78 bits per heavy atom. The lowest BCUT2D eigenvalue weighted by molar-refractivity contribution is 0.0728. The smallest absolute Gasteiger partial charge is 0.272 e. The largest absolute Gasteiger partial charge is 0.338 e. The number of benzene rings is 1. The highest BCUT2D eigenvalue weighted by Crippen LogP contribution is 2.25. The van der Waals surface area contributed by atoms with Crippen molar-refractivity contribution in [3.05, 3.63) is 52.8 Å². The highest BCUT2D eigenvalue weighted by atomic mass is 16.2. The van der Waals surface area contributed by atoms with Gasteiger partial charge in [0.1, 0.15) is 5.69 Å². The van der Waals surface area contributed by atoms with E-state index in [0.29, 0.717) is 18.3 Å². The molecule has 2 aliphatic heterocycles. The van der Waals surface area contributed by atoms with Gasteiger partial charge in [0, 0.05) is 31.4 Å². The zero-order valence-corrected chi connectivity index (χ0v) is 16.3. The van der Waals surface area contributed by atoms with Crippen LogP contribution in [0.3, 0.4) is 0 Å². The molecule has 5 heteroatoms. The minimum absolute atomic E-state index is 0.0151. The van der Waals surface area contributed by atoms with Crippen molar-refractivity contribution >= 4 is 11.9 Å². The molecule has 1 saturated heterocycles. The molecule has 27 heavy (non-hydrogen) atoms. The van der Waals surface area contributed by atoms with Gasteiger partial charge in [0.2, 0.25) is 5.95 Å². The number of piperidine rings is 1. The van der Waals surface area contributed by atoms with Gasteiger partial charge in [-0.3, -0.25) is 4.79 Å². The van der Waals surface area contributed by atoms with Gasteiger partial charge in [-0.15, -0.1) is 0 Å². The first kappa shape index (κ1) is 18.0. The molecule has 0 aliphatic carbocycles. The molecular formula is C22H28N4O. The average molecular weight is 364 g/mol. The van der Waals surface area contributed by atoms with Crippen molar-refractivity contribution in [1.82, 2.24) is 14.9 Å². The molecule has 0 radical (unpaired) electrons. The van der Waals surface area contributed by atoms with E-state index in [1.807, 2.05) is 24.0 Å². The summed E-state index contributed by atoms with van der Waals surface area (Å²) in [6, 6.07) is 10.7. The second-order valence-electron chi connectivity index (χ2n) is 7.69. The first-order valence-corrected chi connectivity index (χ1v) is 10.1. The molecule has 2 aromatic rings. The molecule has 2 aliphatic rings. The zero-order valence-electron chi connectivity index (χ0n) is 16.3. The van der Waals surface area contributed by atoms with Crippen LogP contribution in [0.4, 0.5) is 5.95 Å². The van der Waals surface area contributed by atoms with E-state index in [1.165, 1.54) is 30.4 Å². The number of amides is 1. The fraction of sp³-hybridized carbons (Fsp3) is 0.500. The topological polar surface area (TPSA) is 49.3 Å². The number of rotatable bonds is 3. The van der Waals surface area contributed by atoms with Crippen molar-refractivity contribution in [2.75, 3.05) is 18.0 Å². The van der Waals surface area contributed by atoms with Gasteiger partial charge in [-0.1, -0.05) is 31.2 Å². The van der Waals surface area contributed by atoms with Gasteiger partial charge in [-0.25, -0.2) is 9.97 Å². The summed E-state index contributed by atoms with van der Waals surface area (Å²) in [5.74, 6) is 0.739. The van der Waals surface area contributed by atoms with Crippen molar-refractivity contribution in [2.45, 2.75) is 58.5 Å². The molecular weight excluding hydrogens is 336 g/mol. The maximum Gasteiger partial charge on any atom is 0.272 e. The number of aromatic nitrogens is 2. The molecule has 4 rings (SSSR count). The van der Waals surface area contributed by atoms with Gasteiger partial charge < -0.3 is 9.80 Å². The van der Waals surface area contributed by atoms with Crippen molar-refractivity contribution < 1.29 is 4.79 Å². The third kappa shape index (κ3) is 3.68. The van der Waals surface area contributed by atoms with Crippen LogP contribution in [0, 0.1) is 6.92 Å². The Labute approximate surface area is 161 Å². The van der Waals surface area contributed by atoms with Crippen LogP contribution in [-0.2, 0) is 13.0 Å². The highest BCUT2D eigenvalue weighted by Gasteiger charge is 2.27. The number of nitrogens with zero attached hydrogens (tertiary/aromatic N) is 4. The van der Waals surface area contributed by atoms with E-state index in [4.69, 9.17) is 4.98 Å². The Hall–Kier alpha value is -2.43. The lowest BCUT2D eigenvalue weighted by Crippen LogP contribution is -2.41. The number of hydrogen-bond donors (Lipinski definition) is 0. The summed E-state index contributed by atoms with van der Waals surface area (Å²) in [6.45, 7) is 6.56. The Kier molecular flexibility index (Phi) is 5.10. The molecule has 1 fully saturated rings. The van der Waals surface area contributed by atoms with Crippen LogP contribution in [0.1, 0.15) is 59.9 Å². The Bertz CT molecular complexity index is 835. The molecule has 1 aromatic heterocycles. The third-order valence-electron chi connectivity index (χ3n) is 5.83. The minimum Gasteiger partial charge on any atom is -0.338 e. The van der Waals surface area contributed by atoms with Gasteiger partial charge >= 0.3 is 0 Å². The number of anilines is 1. The van der Waals surface area contributed by atoms with Gasteiger partial charge in [0.25, 0.3) is 5.91 Å². The number of carbonyl (C=O) groups excluding carboxylic acids is 1. The van der Waals surface area contributed by atoms with E-state index in [0.717, 1.165) is 37.6 Å². The van der Waals surface area contributed by atoms with E-state index < -0.39 is 0 Å². The second kappa shape index (κ2) is 7.67. The fourth-order valence-corrected chi connectivity index (χ4v) is 4.31. The maximum atomic E-state index is 13.2. The van der Waals surface area contributed by atoms with Crippen molar-refractivity contribution in [3.8, 4) is 0 Å². The summed E-state index contributed by atoms with van der Waals surface area (Å²) in [5.41, 5.74) is 3.98. The first-order chi connectivity index (χ1) is 13.2. The molecule has 3 heterocycles. The fourth-order valence-electron chi connectivity index (χ4n) is 4.31. The Morgan fingerprint density at radius 1 is 1.15 bits per heavy atom. The van der Waals surface area contributed by atoms with Crippen LogP contribution >= 0.6 is 0 Å². The van der Waals surface area contributed by atoms with E-state index >= 15 is 0 Å². The Balaban J connectivity index is 1.59. The highest BCUT2D eigenvalue weighted by molar-refractivity contribution is 5.92. The van der Waals surface area contributed by atoms with Crippen molar-refractivity contribution in [1.29, 1.82) is 0 Å². The molecule has 1 amide bonds. The van der Waals surface area contributed by atoms with E-state index in [2.05, 4.69) is 35.0 Å². The lowest BCUT2D eigenvalue weighted by atomic mass is 9.99. The Morgan fingerprint density at radius 2 is 1.96 bits per heavy atom. The third-order valence-corrected chi connectivity index (χ3v) is 5.83. The molecule has 0 N–H and O–H groups in total. The van der Waals surface area contributed by atoms with Crippen LogP contribution in [0.2, 0.25) is 0 Å². The average Bonchev–Trinajstić information content (AvgIpc) is 2.72. The molecule has 5 nitrogen and oxygen atoms in total. The van der Waals surface area contributed by atoms with Crippen LogP contribution in [0.25, 0.3) is 0 Å². The number of hydrogen-bond acceptors (Lipinski definition) is 4. The number of aryl methyl sites for hydroxylation is 1. The van der Waals surface area contributed by atoms with Crippen LogP contribution < -0.4 is 4.90 Å². The molecule has 1 unspecified atom stereocenters. The van der Waals surface area contributed by atoms with Gasteiger partial charge in [0.15, 0.2) is 0 Å². The quantitative estimate of drug-likeness (QED) is 0.832. The van der Waals surface area contributed by atoms with E-state index in [-0.39, 0.29) is 5.91 Å². The number of fused-ring (bicyclic) bond motifs is 1. The SMILES string of the molecule is CCC1CCCCN1c1nc(C)cc(C(=O)N2CCc3ccccc3C2)n1. The normalized spacial score (nSPS) is 19.7. The van der Waals surface area contributed by atoms with Crippen molar-refractivity contribution in [2.24, 2.45) is 0 Å². The number of carbonyl (C=O) groups is 1. The monoisotopic (exact) mass is 364 g/mol. The summed E-state index contributed by atoms with van der Waals surface area (Å²) in [6.07, 6.45) is 5.60. The molecule has 0 saturated carbocycles. The van der Waals surface area contributed by atoms with Gasteiger partial charge in [-0.05, 0) is 56.2 Å². The zero-order chi connectivity index (χ0) is 18.8. The second-order valence-corrected chi connectivity index (χ2v) is 7.69. The molecule has 142 valence electrons. The molecule has 1 aromatic carbocycles. The van der Waals surface area contributed by atoms with E-state index in [9.17, 15) is 4.79 Å². The predicted octanol–water partition coefficient (Wildman–Crippen LogP) is 3.75. The van der Waals surface area contributed by atoms with Crippen LogP contribution in [0.15, 0.2) is 30.3 Å². The summed E-state index contributed by atoms with van der Waals surface area (Å²) in [5, 5.41) is 0. The summed E-state index contributed by atoms with van der Waals surface area (Å²) >= 11 is 0. The predicted molar refractivity (Wildman–Crippen MR) is 107 cm³/mol. The van der Waals surface area contributed by atoms with Gasteiger partial charge in [-0.2, -0.15) is 0 Å². The summed E-state index contributed by atoms with van der Waals surface area (Å²) in [4.78, 5) is 26.8. The maximum absolute atomic E-state index is 13.2. The molecule has 1 atom stereocenters. The summed E-state index contributed by atoms with van der Waals surface area (Å²) < 4.78 is 0. The summed E-state index contributed by atoms with van der Waals surface area (Å²) in [7, 11) is 0. The standard InChI is InChI=1S/C22H28N4O/c1-3-19-10-6-7-12-26(19)22-23-16(2)14-20(24-22)21(27)25-13-11-17-8-4-5-9-18(17)15-25/h4-5,8-9,14,19H,3,6-7,10-13,15H2,1-2H3. The first-order valence-electron chi connectivity index (χ1n) is 10.1. The van der Waals surface area contributed by atoms with Crippen molar-refractivity contribution in [3.63, 3.8) is 0 Å². The minimum atomic E-state index is 0.0151.